The number of benzene rings is 2. The van der Waals surface area contributed by atoms with E-state index in [1.165, 1.54) is 9.58 Å². The molecule has 3 aromatic rings. The van der Waals surface area contributed by atoms with Gasteiger partial charge in [0, 0.05) is 25.7 Å². The molecule has 0 atom stereocenters. The van der Waals surface area contributed by atoms with Crippen molar-refractivity contribution in [1.29, 1.82) is 0 Å². The third-order valence-corrected chi connectivity index (χ3v) is 6.10. The molecule has 7 nitrogen and oxygen atoms in total. The van der Waals surface area contributed by atoms with Crippen LogP contribution in [0.1, 0.15) is 24.0 Å². The summed E-state index contributed by atoms with van der Waals surface area (Å²) in [4.78, 5) is 43.9. The van der Waals surface area contributed by atoms with Crippen molar-refractivity contribution in [2.75, 3.05) is 18.0 Å². The minimum Gasteiger partial charge on any atom is -0.366 e. The summed E-state index contributed by atoms with van der Waals surface area (Å²) in [5.74, 6) is -0.837. The average molecular weight is 428 g/mol. The molecule has 0 bridgehead atoms. The number of aryl methyl sites for hydroxylation is 2. The first kappa shape index (κ1) is 20.1. The number of nitrogens with zero attached hydrogens (tertiary/aromatic N) is 3. The fourth-order valence-electron chi connectivity index (χ4n) is 4.57. The fraction of sp³-hybridized carbons (Fsp3) is 0.240. The molecule has 5 rings (SSSR count). The highest BCUT2D eigenvalue weighted by atomic mass is 16.2. The van der Waals surface area contributed by atoms with Gasteiger partial charge in [0.15, 0.2) is 0 Å². The van der Waals surface area contributed by atoms with Crippen molar-refractivity contribution in [3.63, 3.8) is 0 Å². The predicted octanol–water partition coefficient (Wildman–Crippen LogP) is 3.07. The number of hydrogen-bond donors (Lipinski definition) is 1. The number of carbonyl (C=O) groups excluding carboxylic acids is 2. The molecule has 162 valence electrons. The number of aromatic nitrogens is 2. The maximum Gasteiger partial charge on any atom is 0.282 e. The first-order chi connectivity index (χ1) is 15.5. The van der Waals surface area contributed by atoms with Gasteiger partial charge in [0.25, 0.3) is 17.4 Å². The number of amides is 2. The molecule has 2 aliphatic heterocycles. The van der Waals surface area contributed by atoms with Gasteiger partial charge in [0.2, 0.25) is 0 Å². The van der Waals surface area contributed by atoms with Gasteiger partial charge in [-0.05, 0) is 37.5 Å². The number of anilines is 1. The van der Waals surface area contributed by atoms with E-state index in [1.807, 2.05) is 60.4 Å². The molecule has 32 heavy (non-hydrogen) atoms. The number of carbonyl (C=O) groups is 2. The van der Waals surface area contributed by atoms with Crippen LogP contribution in [0.4, 0.5) is 5.69 Å². The largest absolute Gasteiger partial charge is 0.366 e. The van der Waals surface area contributed by atoms with E-state index in [0.29, 0.717) is 30.2 Å². The topological polar surface area (TPSA) is 78.4 Å². The minimum absolute atomic E-state index is 0.180. The van der Waals surface area contributed by atoms with E-state index in [2.05, 4.69) is 5.10 Å². The lowest BCUT2D eigenvalue weighted by Gasteiger charge is -2.20. The highest BCUT2D eigenvalue weighted by Gasteiger charge is 2.45. The third-order valence-electron chi connectivity index (χ3n) is 6.10. The van der Waals surface area contributed by atoms with Crippen LogP contribution in [-0.2, 0) is 16.6 Å². The molecule has 0 saturated carbocycles. The normalized spacial score (nSPS) is 16.6. The second kappa shape index (κ2) is 7.67. The Bertz CT molecular complexity index is 1310. The smallest absolute Gasteiger partial charge is 0.282 e. The van der Waals surface area contributed by atoms with Gasteiger partial charge in [0.05, 0.1) is 22.5 Å². The van der Waals surface area contributed by atoms with Crippen LogP contribution < -0.4 is 10.5 Å². The molecule has 1 fully saturated rings. The van der Waals surface area contributed by atoms with Gasteiger partial charge in [-0.2, -0.15) is 0 Å². The molecule has 3 heterocycles. The Morgan fingerprint density at radius 1 is 0.875 bits per heavy atom. The molecular formula is C25H24N4O3. The van der Waals surface area contributed by atoms with Crippen LogP contribution >= 0.6 is 0 Å². The SMILES string of the molecule is Cc1cccc(N2C(=O)C(c3c(-c4ccccc4)[nH]n(C)c3=O)=C(N3CCCC3)C2=O)c1. The molecule has 1 saturated heterocycles. The Labute approximate surface area is 185 Å². The molecule has 2 amide bonds. The van der Waals surface area contributed by atoms with Crippen LogP contribution in [0.25, 0.3) is 16.8 Å². The third kappa shape index (κ3) is 3.09. The number of likely N-dealkylation sites (tertiary alicyclic amines) is 1. The molecule has 0 radical (unpaired) electrons. The highest BCUT2D eigenvalue weighted by Crippen LogP contribution is 2.38. The van der Waals surface area contributed by atoms with E-state index in [9.17, 15) is 14.4 Å². The van der Waals surface area contributed by atoms with Crippen LogP contribution in [0.2, 0.25) is 0 Å². The van der Waals surface area contributed by atoms with E-state index in [0.717, 1.165) is 24.0 Å². The Morgan fingerprint density at radius 3 is 2.28 bits per heavy atom. The van der Waals surface area contributed by atoms with Gasteiger partial charge in [-0.3, -0.25) is 24.2 Å². The summed E-state index contributed by atoms with van der Waals surface area (Å²) >= 11 is 0. The van der Waals surface area contributed by atoms with Gasteiger partial charge >= 0.3 is 0 Å². The summed E-state index contributed by atoms with van der Waals surface area (Å²) in [5.41, 5.74) is 3.20. The molecule has 0 aliphatic carbocycles. The van der Waals surface area contributed by atoms with Gasteiger partial charge in [-0.1, -0.05) is 42.5 Å². The van der Waals surface area contributed by atoms with E-state index in [-0.39, 0.29) is 22.6 Å². The van der Waals surface area contributed by atoms with Crippen molar-refractivity contribution in [3.8, 4) is 11.3 Å². The van der Waals surface area contributed by atoms with Crippen molar-refractivity contribution in [1.82, 2.24) is 14.7 Å². The number of imide groups is 1. The summed E-state index contributed by atoms with van der Waals surface area (Å²) in [5, 5.41) is 3.09. The van der Waals surface area contributed by atoms with Gasteiger partial charge in [-0.15, -0.1) is 0 Å². The molecular weight excluding hydrogens is 404 g/mol. The molecule has 2 aliphatic rings. The lowest BCUT2D eigenvalue weighted by molar-refractivity contribution is -0.120. The van der Waals surface area contributed by atoms with E-state index in [4.69, 9.17) is 0 Å². The van der Waals surface area contributed by atoms with E-state index >= 15 is 0 Å². The quantitative estimate of drug-likeness (QED) is 0.648. The second-order valence-electron chi connectivity index (χ2n) is 8.29. The number of nitrogens with one attached hydrogen (secondary N) is 1. The van der Waals surface area contributed by atoms with Crippen molar-refractivity contribution >= 4 is 23.1 Å². The lowest BCUT2D eigenvalue weighted by Crippen LogP contribution is -2.34. The standard InChI is InChI=1S/C25H24N4O3/c1-16-9-8-12-18(15-16)29-24(31)20(22(25(29)32)28-13-6-7-14-28)19-21(26-27(2)23(19)30)17-10-4-3-5-11-17/h3-5,8-12,15,26H,6-7,13-14H2,1-2H3. The van der Waals surface area contributed by atoms with Crippen molar-refractivity contribution in [2.45, 2.75) is 19.8 Å². The summed E-state index contributed by atoms with van der Waals surface area (Å²) in [6.45, 7) is 3.29. The van der Waals surface area contributed by atoms with Crippen molar-refractivity contribution in [3.05, 3.63) is 81.8 Å². The summed E-state index contributed by atoms with van der Waals surface area (Å²) < 4.78 is 1.36. The lowest BCUT2D eigenvalue weighted by atomic mass is 10.00. The van der Waals surface area contributed by atoms with Crippen LogP contribution in [0.3, 0.4) is 0 Å². The summed E-state index contributed by atoms with van der Waals surface area (Å²) in [6, 6.07) is 16.7. The molecule has 7 heteroatoms. The monoisotopic (exact) mass is 428 g/mol. The second-order valence-corrected chi connectivity index (χ2v) is 8.29. The van der Waals surface area contributed by atoms with E-state index < -0.39 is 5.91 Å². The zero-order valence-electron chi connectivity index (χ0n) is 18.1. The first-order valence-corrected chi connectivity index (χ1v) is 10.8. The molecule has 0 unspecified atom stereocenters. The highest BCUT2D eigenvalue weighted by molar-refractivity contribution is 6.45. The van der Waals surface area contributed by atoms with Crippen LogP contribution in [0.15, 0.2) is 65.1 Å². The van der Waals surface area contributed by atoms with Gasteiger partial charge in [-0.25, -0.2) is 4.90 Å². The maximum absolute atomic E-state index is 13.8. The van der Waals surface area contributed by atoms with Gasteiger partial charge in [0.1, 0.15) is 5.70 Å². The number of H-pyrrole nitrogens is 1. The van der Waals surface area contributed by atoms with Crippen molar-refractivity contribution < 1.29 is 9.59 Å². The van der Waals surface area contributed by atoms with Crippen LogP contribution in [0.5, 0.6) is 0 Å². The zero-order chi connectivity index (χ0) is 22.4. The average Bonchev–Trinajstić information content (AvgIpc) is 3.47. The summed E-state index contributed by atoms with van der Waals surface area (Å²) in [6.07, 6.45) is 1.89. The van der Waals surface area contributed by atoms with Crippen LogP contribution in [-0.4, -0.2) is 39.6 Å². The maximum atomic E-state index is 13.8. The minimum atomic E-state index is -0.462. The molecule has 1 aromatic heterocycles. The zero-order valence-corrected chi connectivity index (χ0v) is 18.1. The van der Waals surface area contributed by atoms with Crippen molar-refractivity contribution in [2.24, 2.45) is 7.05 Å². The number of aromatic amines is 1. The predicted molar refractivity (Wildman–Crippen MR) is 123 cm³/mol. The Hall–Kier alpha value is -3.87. The molecule has 1 N–H and O–H groups in total. The number of rotatable bonds is 4. The number of hydrogen-bond acceptors (Lipinski definition) is 4. The van der Waals surface area contributed by atoms with Crippen LogP contribution in [0, 0.1) is 6.92 Å². The Kier molecular flexibility index (Phi) is 4.81. The summed E-state index contributed by atoms with van der Waals surface area (Å²) in [7, 11) is 1.62. The first-order valence-electron chi connectivity index (χ1n) is 10.8. The fourth-order valence-corrected chi connectivity index (χ4v) is 4.57. The molecule has 2 aromatic carbocycles. The molecule has 0 spiro atoms. The van der Waals surface area contributed by atoms with E-state index in [1.54, 1.807) is 13.1 Å². The van der Waals surface area contributed by atoms with Gasteiger partial charge < -0.3 is 4.90 Å². The Balaban J connectivity index is 1.75. The Morgan fingerprint density at radius 2 is 1.59 bits per heavy atom.